The van der Waals surface area contributed by atoms with E-state index in [1.54, 1.807) is 31.2 Å². The van der Waals surface area contributed by atoms with Gasteiger partial charge in [0.25, 0.3) is 15.9 Å². The SMILES string of the molecule is Cc1ccc(C(=O)Nc2nnc(SCc3ccccc3)s2)cc1S(=O)(=O)Nc1cccc(C)c1C. The van der Waals surface area contributed by atoms with Crippen molar-refractivity contribution in [2.24, 2.45) is 0 Å². The number of amides is 1. The third-order valence-corrected chi connectivity index (χ3v) is 8.97. The van der Waals surface area contributed by atoms with Gasteiger partial charge in [0.2, 0.25) is 5.13 Å². The quantitative estimate of drug-likeness (QED) is 0.223. The van der Waals surface area contributed by atoms with Gasteiger partial charge in [-0.15, -0.1) is 10.2 Å². The Labute approximate surface area is 213 Å². The number of thioether (sulfide) groups is 1. The van der Waals surface area contributed by atoms with E-state index in [1.165, 1.54) is 34.7 Å². The third-order valence-electron chi connectivity index (χ3n) is 5.42. The van der Waals surface area contributed by atoms with Gasteiger partial charge in [-0.1, -0.05) is 71.6 Å². The summed E-state index contributed by atoms with van der Waals surface area (Å²) in [5.41, 5.74) is 4.25. The molecule has 0 saturated carbocycles. The second-order valence-corrected chi connectivity index (χ2v) is 11.8. The van der Waals surface area contributed by atoms with Crippen molar-refractivity contribution < 1.29 is 13.2 Å². The Balaban J connectivity index is 1.48. The molecule has 4 aromatic rings. The summed E-state index contributed by atoms with van der Waals surface area (Å²) < 4.78 is 29.7. The highest BCUT2D eigenvalue weighted by molar-refractivity contribution is 8.00. The lowest BCUT2D eigenvalue weighted by Gasteiger charge is -2.14. The van der Waals surface area contributed by atoms with Gasteiger partial charge >= 0.3 is 0 Å². The molecule has 1 aromatic heterocycles. The van der Waals surface area contributed by atoms with Crippen molar-refractivity contribution in [3.05, 3.63) is 94.5 Å². The van der Waals surface area contributed by atoms with Gasteiger partial charge in [0.15, 0.2) is 4.34 Å². The lowest BCUT2D eigenvalue weighted by Crippen LogP contribution is -2.17. The number of anilines is 2. The van der Waals surface area contributed by atoms with Crippen LogP contribution in [-0.2, 0) is 15.8 Å². The first-order valence-corrected chi connectivity index (χ1v) is 14.0. The van der Waals surface area contributed by atoms with E-state index < -0.39 is 15.9 Å². The molecular formula is C25H24N4O3S3. The van der Waals surface area contributed by atoms with Crippen molar-refractivity contribution in [1.29, 1.82) is 0 Å². The molecule has 0 bridgehead atoms. The first-order valence-electron chi connectivity index (χ1n) is 10.7. The predicted octanol–water partition coefficient (Wildman–Crippen LogP) is 5.81. The zero-order valence-corrected chi connectivity index (χ0v) is 21.9. The van der Waals surface area contributed by atoms with Crippen LogP contribution in [0.4, 0.5) is 10.8 Å². The Kier molecular flexibility index (Phi) is 7.54. The molecule has 0 unspecified atom stereocenters. The molecule has 0 fully saturated rings. The summed E-state index contributed by atoms with van der Waals surface area (Å²) in [7, 11) is -3.90. The van der Waals surface area contributed by atoms with Gasteiger partial charge in [0, 0.05) is 11.3 Å². The molecule has 35 heavy (non-hydrogen) atoms. The zero-order valence-electron chi connectivity index (χ0n) is 19.4. The normalized spacial score (nSPS) is 11.3. The van der Waals surface area contributed by atoms with Crippen LogP contribution in [0.5, 0.6) is 0 Å². The Morgan fingerprint density at radius 2 is 1.71 bits per heavy atom. The van der Waals surface area contributed by atoms with Gasteiger partial charge in [-0.2, -0.15) is 0 Å². The van der Waals surface area contributed by atoms with Gasteiger partial charge in [-0.25, -0.2) is 8.42 Å². The fourth-order valence-corrected chi connectivity index (χ4v) is 6.40. The molecule has 2 N–H and O–H groups in total. The van der Waals surface area contributed by atoms with Gasteiger partial charge in [-0.3, -0.25) is 14.8 Å². The minimum absolute atomic E-state index is 0.0439. The van der Waals surface area contributed by atoms with Crippen LogP contribution in [0.25, 0.3) is 0 Å². The minimum atomic E-state index is -3.90. The van der Waals surface area contributed by atoms with E-state index in [1.807, 2.05) is 50.2 Å². The fourth-order valence-electron chi connectivity index (χ4n) is 3.30. The molecule has 0 saturated heterocycles. The van der Waals surface area contributed by atoms with E-state index in [2.05, 4.69) is 20.2 Å². The van der Waals surface area contributed by atoms with Gasteiger partial charge in [-0.05, 0) is 61.2 Å². The Morgan fingerprint density at radius 3 is 2.49 bits per heavy atom. The highest BCUT2D eigenvalue weighted by Gasteiger charge is 2.21. The molecule has 1 heterocycles. The van der Waals surface area contributed by atoms with Crippen LogP contribution in [0.2, 0.25) is 0 Å². The topological polar surface area (TPSA) is 101 Å². The molecule has 0 spiro atoms. The molecule has 7 nitrogen and oxygen atoms in total. The highest BCUT2D eigenvalue weighted by atomic mass is 32.2. The molecule has 0 atom stereocenters. The average molecular weight is 525 g/mol. The van der Waals surface area contributed by atoms with E-state index in [-0.39, 0.29) is 10.5 Å². The van der Waals surface area contributed by atoms with Crippen molar-refractivity contribution in [2.75, 3.05) is 10.0 Å². The van der Waals surface area contributed by atoms with Crippen molar-refractivity contribution in [3.8, 4) is 0 Å². The van der Waals surface area contributed by atoms with E-state index in [4.69, 9.17) is 0 Å². The summed E-state index contributed by atoms with van der Waals surface area (Å²) in [5, 5.41) is 11.2. The van der Waals surface area contributed by atoms with E-state index in [0.717, 1.165) is 21.2 Å². The summed E-state index contributed by atoms with van der Waals surface area (Å²) >= 11 is 2.80. The minimum Gasteiger partial charge on any atom is -0.296 e. The van der Waals surface area contributed by atoms with E-state index in [9.17, 15) is 13.2 Å². The van der Waals surface area contributed by atoms with Crippen LogP contribution in [0.3, 0.4) is 0 Å². The molecule has 0 aliphatic heterocycles. The standard InChI is InChI=1S/C25H24N4O3S3/c1-16-8-7-11-21(18(16)3)29-35(31,32)22-14-20(13-12-17(22)2)23(30)26-24-27-28-25(34-24)33-15-19-9-5-4-6-10-19/h4-14,29H,15H2,1-3H3,(H,26,27,30). The van der Waals surface area contributed by atoms with Crippen molar-refractivity contribution in [3.63, 3.8) is 0 Å². The summed E-state index contributed by atoms with van der Waals surface area (Å²) in [4.78, 5) is 12.9. The van der Waals surface area contributed by atoms with Crippen LogP contribution < -0.4 is 10.0 Å². The average Bonchev–Trinajstić information content (AvgIpc) is 3.28. The monoisotopic (exact) mass is 524 g/mol. The van der Waals surface area contributed by atoms with Crippen LogP contribution in [0.1, 0.15) is 32.6 Å². The molecule has 0 radical (unpaired) electrons. The summed E-state index contributed by atoms with van der Waals surface area (Å²) in [5.74, 6) is 0.291. The third kappa shape index (κ3) is 6.08. The Morgan fingerprint density at radius 1 is 0.943 bits per heavy atom. The first kappa shape index (κ1) is 24.9. The number of hydrogen-bond acceptors (Lipinski definition) is 7. The maximum atomic E-state index is 13.1. The number of hydrogen-bond donors (Lipinski definition) is 2. The largest absolute Gasteiger partial charge is 0.296 e. The van der Waals surface area contributed by atoms with Crippen LogP contribution in [-0.4, -0.2) is 24.5 Å². The predicted molar refractivity (Wildman–Crippen MR) is 142 cm³/mol. The Hall–Kier alpha value is -3.21. The smallest absolute Gasteiger partial charge is 0.262 e. The number of carbonyl (C=O) groups is 1. The first-order chi connectivity index (χ1) is 16.7. The number of rotatable bonds is 8. The number of aromatic nitrogens is 2. The molecule has 0 aliphatic rings. The van der Waals surface area contributed by atoms with Crippen molar-refractivity contribution >= 4 is 49.8 Å². The summed E-state index contributed by atoms with van der Waals surface area (Å²) in [6, 6.07) is 20.0. The number of benzene rings is 3. The lowest BCUT2D eigenvalue weighted by molar-refractivity contribution is 0.102. The molecule has 1 amide bonds. The van der Waals surface area contributed by atoms with E-state index in [0.29, 0.717) is 16.4 Å². The van der Waals surface area contributed by atoms with Crippen molar-refractivity contribution in [2.45, 2.75) is 35.8 Å². The summed E-state index contributed by atoms with van der Waals surface area (Å²) in [6.45, 7) is 5.47. The van der Waals surface area contributed by atoms with Crippen LogP contribution in [0.15, 0.2) is 76.0 Å². The molecule has 3 aromatic carbocycles. The summed E-state index contributed by atoms with van der Waals surface area (Å²) in [6.07, 6.45) is 0. The number of nitrogens with one attached hydrogen (secondary N) is 2. The van der Waals surface area contributed by atoms with Crippen LogP contribution >= 0.6 is 23.1 Å². The van der Waals surface area contributed by atoms with E-state index >= 15 is 0 Å². The van der Waals surface area contributed by atoms with Gasteiger partial charge < -0.3 is 0 Å². The molecule has 180 valence electrons. The molecule has 4 rings (SSSR count). The molecule has 0 aliphatic carbocycles. The Bertz CT molecular complexity index is 1470. The lowest BCUT2D eigenvalue weighted by atomic mass is 10.1. The molecule has 10 heteroatoms. The molecular weight excluding hydrogens is 501 g/mol. The second kappa shape index (κ2) is 10.6. The maximum Gasteiger partial charge on any atom is 0.262 e. The second-order valence-electron chi connectivity index (χ2n) is 7.93. The highest BCUT2D eigenvalue weighted by Crippen LogP contribution is 2.29. The van der Waals surface area contributed by atoms with Gasteiger partial charge in [0.05, 0.1) is 10.6 Å². The fraction of sp³-hybridized carbons (Fsp3) is 0.160. The van der Waals surface area contributed by atoms with Gasteiger partial charge in [0.1, 0.15) is 0 Å². The maximum absolute atomic E-state index is 13.1. The van der Waals surface area contributed by atoms with Crippen molar-refractivity contribution in [1.82, 2.24) is 10.2 Å². The number of sulfonamides is 1. The van der Waals surface area contributed by atoms with Crippen LogP contribution in [0, 0.1) is 20.8 Å². The zero-order chi connectivity index (χ0) is 25.0. The number of nitrogens with zero attached hydrogens (tertiary/aromatic N) is 2. The number of carbonyl (C=O) groups excluding carboxylic acids is 1. The number of aryl methyl sites for hydroxylation is 2.